The Morgan fingerprint density at radius 3 is 3.00 bits per heavy atom. The van der Waals surface area contributed by atoms with Crippen LogP contribution in [0.5, 0.6) is 5.75 Å². The van der Waals surface area contributed by atoms with Crippen molar-refractivity contribution in [1.82, 2.24) is 9.38 Å². The van der Waals surface area contributed by atoms with Gasteiger partial charge in [-0.1, -0.05) is 12.1 Å². The summed E-state index contributed by atoms with van der Waals surface area (Å²) < 4.78 is 7.23. The molecule has 0 radical (unpaired) electrons. The molecule has 2 heterocycles. The first kappa shape index (κ1) is 14.3. The number of rotatable bonds is 4. The number of carboxylic acids is 1. The number of imidazole rings is 1. The van der Waals surface area contributed by atoms with E-state index in [0.717, 1.165) is 39.4 Å². The van der Waals surface area contributed by atoms with Gasteiger partial charge in [-0.2, -0.15) is 0 Å². The molecule has 3 aromatic rings. The standard InChI is InChI=1S/C16H14N2O3S/c1-10-13(6-7-15(19)20)18-14(9-22-16(18)17-10)11-4-3-5-12(8-11)21-2/h3-9H,1-2H3,(H,19,20)/b7-6+. The SMILES string of the molecule is COc1cccc(-c2csc3nc(C)c(/C=C/C(=O)O)n23)c1. The Morgan fingerprint density at radius 2 is 2.27 bits per heavy atom. The van der Waals surface area contributed by atoms with Crippen molar-refractivity contribution in [2.45, 2.75) is 6.92 Å². The molecule has 0 saturated heterocycles. The minimum atomic E-state index is -0.979. The molecule has 0 aliphatic carbocycles. The third kappa shape index (κ3) is 2.48. The van der Waals surface area contributed by atoms with Crippen LogP contribution in [0.3, 0.4) is 0 Å². The second-order valence-electron chi connectivity index (χ2n) is 4.72. The first-order valence-corrected chi connectivity index (χ1v) is 7.50. The molecule has 1 aromatic carbocycles. The van der Waals surface area contributed by atoms with Crippen LogP contribution in [0.15, 0.2) is 35.7 Å². The lowest BCUT2D eigenvalue weighted by atomic mass is 10.1. The van der Waals surface area contributed by atoms with Gasteiger partial charge in [0.2, 0.25) is 0 Å². The van der Waals surface area contributed by atoms with Gasteiger partial charge in [-0.25, -0.2) is 9.78 Å². The molecule has 3 rings (SSSR count). The summed E-state index contributed by atoms with van der Waals surface area (Å²) in [4.78, 5) is 16.1. The second-order valence-corrected chi connectivity index (χ2v) is 5.56. The molecule has 5 nitrogen and oxygen atoms in total. The molecule has 0 aliphatic heterocycles. The van der Waals surface area contributed by atoms with E-state index in [1.165, 1.54) is 11.3 Å². The van der Waals surface area contributed by atoms with Crippen molar-refractivity contribution in [3.05, 3.63) is 47.1 Å². The van der Waals surface area contributed by atoms with Crippen molar-refractivity contribution in [2.75, 3.05) is 7.11 Å². The van der Waals surface area contributed by atoms with Gasteiger partial charge in [0, 0.05) is 17.0 Å². The predicted octanol–water partition coefficient (Wildman–Crippen LogP) is 3.48. The van der Waals surface area contributed by atoms with E-state index in [1.54, 1.807) is 13.2 Å². The van der Waals surface area contributed by atoms with Gasteiger partial charge >= 0.3 is 5.97 Å². The fourth-order valence-electron chi connectivity index (χ4n) is 2.31. The number of carboxylic acid groups (broad SMARTS) is 1. The number of hydrogen-bond donors (Lipinski definition) is 1. The van der Waals surface area contributed by atoms with Gasteiger partial charge in [-0.05, 0) is 25.1 Å². The number of aryl methyl sites for hydroxylation is 1. The van der Waals surface area contributed by atoms with Crippen LogP contribution in [0.4, 0.5) is 0 Å². The smallest absolute Gasteiger partial charge is 0.328 e. The quantitative estimate of drug-likeness (QED) is 0.749. The van der Waals surface area contributed by atoms with Gasteiger partial charge in [-0.3, -0.25) is 4.40 Å². The number of ether oxygens (including phenoxy) is 1. The van der Waals surface area contributed by atoms with Crippen LogP contribution in [0, 0.1) is 6.92 Å². The average molecular weight is 314 g/mol. The van der Waals surface area contributed by atoms with E-state index in [0.29, 0.717) is 0 Å². The molecular formula is C16H14N2O3S. The number of aromatic nitrogens is 2. The summed E-state index contributed by atoms with van der Waals surface area (Å²) in [6.45, 7) is 1.87. The Bertz CT molecular complexity index is 877. The molecule has 22 heavy (non-hydrogen) atoms. The fourth-order valence-corrected chi connectivity index (χ4v) is 3.26. The predicted molar refractivity (Wildman–Crippen MR) is 86.5 cm³/mol. The Hall–Kier alpha value is -2.60. The van der Waals surface area contributed by atoms with Crippen LogP contribution in [0.25, 0.3) is 22.3 Å². The van der Waals surface area contributed by atoms with E-state index in [2.05, 4.69) is 4.98 Å². The zero-order valence-electron chi connectivity index (χ0n) is 12.1. The number of methoxy groups -OCH3 is 1. The number of nitrogens with zero attached hydrogens (tertiary/aromatic N) is 2. The number of benzene rings is 1. The van der Waals surface area contributed by atoms with Crippen LogP contribution >= 0.6 is 11.3 Å². The molecule has 0 amide bonds. The largest absolute Gasteiger partial charge is 0.497 e. The van der Waals surface area contributed by atoms with Gasteiger partial charge < -0.3 is 9.84 Å². The van der Waals surface area contributed by atoms with E-state index in [4.69, 9.17) is 9.84 Å². The molecule has 6 heteroatoms. The zero-order chi connectivity index (χ0) is 15.7. The molecular weight excluding hydrogens is 300 g/mol. The van der Waals surface area contributed by atoms with Crippen LogP contribution in [0.2, 0.25) is 0 Å². The summed E-state index contributed by atoms with van der Waals surface area (Å²) in [6.07, 6.45) is 2.71. The molecule has 1 N–H and O–H groups in total. The molecule has 112 valence electrons. The highest BCUT2D eigenvalue weighted by molar-refractivity contribution is 7.15. The average Bonchev–Trinajstić information content (AvgIpc) is 3.03. The van der Waals surface area contributed by atoms with Gasteiger partial charge in [0.1, 0.15) is 5.75 Å². The first-order valence-electron chi connectivity index (χ1n) is 6.62. The summed E-state index contributed by atoms with van der Waals surface area (Å²) in [5.41, 5.74) is 3.53. The highest BCUT2D eigenvalue weighted by Gasteiger charge is 2.14. The lowest BCUT2D eigenvalue weighted by molar-refractivity contribution is -0.131. The highest BCUT2D eigenvalue weighted by Crippen LogP contribution is 2.31. The number of fused-ring (bicyclic) bond motifs is 1. The summed E-state index contributed by atoms with van der Waals surface area (Å²) in [6, 6.07) is 7.75. The lowest BCUT2D eigenvalue weighted by Gasteiger charge is -2.05. The molecule has 0 saturated carbocycles. The Kier molecular flexibility index (Phi) is 3.68. The van der Waals surface area contributed by atoms with Crippen LogP contribution in [-0.4, -0.2) is 27.6 Å². The van der Waals surface area contributed by atoms with Gasteiger partial charge in [0.25, 0.3) is 0 Å². The van der Waals surface area contributed by atoms with Crippen molar-refractivity contribution in [1.29, 1.82) is 0 Å². The lowest BCUT2D eigenvalue weighted by Crippen LogP contribution is -1.92. The van der Waals surface area contributed by atoms with E-state index >= 15 is 0 Å². The molecule has 0 fully saturated rings. The fraction of sp³-hybridized carbons (Fsp3) is 0.125. The van der Waals surface area contributed by atoms with Gasteiger partial charge in [-0.15, -0.1) is 11.3 Å². The molecule has 0 spiro atoms. The second kappa shape index (κ2) is 5.65. The summed E-state index contributed by atoms with van der Waals surface area (Å²) >= 11 is 1.52. The minimum absolute atomic E-state index is 0.774. The summed E-state index contributed by atoms with van der Waals surface area (Å²) in [7, 11) is 1.63. The highest BCUT2D eigenvalue weighted by atomic mass is 32.1. The van der Waals surface area contributed by atoms with Crippen molar-refractivity contribution in [2.24, 2.45) is 0 Å². The number of thiazole rings is 1. The van der Waals surface area contributed by atoms with E-state index in [1.807, 2.05) is 41.0 Å². The summed E-state index contributed by atoms with van der Waals surface area (Å²) in [5, 5.41) is 10.9. The van der Waals surface area contributed by atoms with Crippen LogP contribution in [-0.2, 0) is 4.79 Å². The molecule has 0 bridgehead atoms. The van der Waals surface area contributed by atoms with Crippen molar-refractivity contribution in [3.8, 4) is 17.0 Å². The van der Waals surface area contributed by atoms with Crippen LogP contribution < -0.4 is 4.74 Å². The Labute approximate surface area is 131 Å². The van der Waals surface area contributed by atoms with E-state index in [-0.39, 0.29) is 0 Å². The monoisotopic (exact) mass is 314 g/mol. The number of carbonyl (C=O) groups is 1. The van der Waals surface area contributed by atoms with Crippen LogP contribution in [0.1, 0.15) is 11.4 Å². The maximum atomic E-state index is 10.8. The third-order valence-electron chi connectivity index (χ3n) is 3.33. The maximum absolute atomic E-state index is 10.8. The topological polar surface area (TPSA) is 63.8 Å². The Morgan fingerprint density at radius 1 is 1.45 bits per heavy atom. The number of aliphatic carboxylic acids is 1. The molecule has 0 aliphatic rings. The Balaban J connectivity index is 2.20. The van der Waals surface area contributed by atoms with Gasteiger partial charge in [0.05, 0.1) is 24.2 Å². The van der Waals surface area contributed by atoms with Gasteiger partial charge in [0.15, 0.2) is 4.96 Å². The van der Waals surface area contributed by atoms with E-state index in [9.17, 15) is 4.79 Å². The van der Waals surface area contributed by atoms with E-state index < -0.39 is 5.97 Å². The molecule has 0 unspecified atom stereocenters. The third-order valence-corrected chi connectivity index (χ3v) is 4.16. The maximum Gasteiger partial charge on any atom is 0.328 e. The zero-order valence-corrected chi connectivity index (χ0v) is 12.9. The molecule has 2 aromatic heterocycles. The van der Waals surface area contributed by atoms with Crippen molar-refractivity contribution >= 4 is 28.3 Å². The van der Waals surface area contributed by atoms with Crippen molar-refractivity contribution in [3.63, 3.8) is 0 Å². The first-order chi connectivity index (χ1) is 10.6. The normalized spacial score (nSPS) is 11.4. The van der Waals surface area contributed by atoms with Crippen molar-refractivity contribution < 1.29 is 14.6 Å². The molecule has 0 atom stereocenters. The summed E-state index contributed by atoms with van der Waals surface area (Å²) in [5.74, 6) is -0.205. The minimum Gasteiger partial charge on any atom is -0.497 e. The number of hydrogen-bond acceptors (Lipinski definition) is 4.